The number of esters is 2. The van der Waals surface area contributed by atoms with Crippen molar-refractivity contribution in [1.29, 1.82) is 0 Å². The van der Waals surface area contributed by atoms with Gasteiger partial charge in [-0.15, -0.1) is 0 Å². The predicted molar refractivity (Wildman–Crippen MR) is 89.2 cm³/mol. The molecule has 0 atom stereocenters. The highest BCUT2D eigenvalue weighted by molar-refractivity contribution is 6.29. The van der Waals surface area contributed by atoms with Crippen molar-refractivity contribution in [2.24, 2.45) is 11.5 Å². The Balaban J connectivity index is 1.65. The van der Waals surface area contributed by atoms with Crippen molar-refractivity contribution in [1.82, 2.24) is 9.80 Å². The van der Waals surface area contributed by atoms with Gasteiger partial charge in [0.1, 0.15) is 12.2 Å². The topological polar surface area (TPSA) is 111 Å². The summed E-state index contributed by atoms with van der Waals surface area (Å²) in [5.41, 5.74) is 11.1. The average Bonchev–Trinajstić information content (AvgIpc) is 2.59. The molecule has 24 heavy (non-hydrogen) atoms. The number of carbonyl (C=O) groups excluding carboxylic acids is 2. The van der Waals surface area contributed by atoms with Gasteiger partial charge in [-0.25, -0.2) is 9.59 Å². The Kier molecular flexibility index (Phi) is 7.90. The number of ether oxygens (including phenoxy) is 2. The van der Waals surface area contributed by atoms with Gasteiger partial charge in [0.25, 0.3) is 0 Å². The van der Waals surface area contributed by atoms with Crippen molar-refractivity contribution in [3.8, 4) is 0 Å². The summed E-state index contributed by atoms with van der Waals surface area (Å²) in [5.74, 6) is -1.73. The molecule has 0 saturated carbocycles. The fourth-order valence-corrected chi connectivity index (χ4v) is 3.27. The van der Waals surface area contributed by atoms with E-state index in [2.05, 4.69) is 9.80 Å². The Morgan fingerprint density at radius 2 is 1.08 bits per heavy atom. The monoisotopic (exact) mass is 342 g/mol. The predicted octanol–water partition coefficient (Wildman–Crippen LogP) is -1.08. The first-order valence-electron chi connectivity index (χ1n) is 8.88. The first kappa shape index (κ1) is 19.1. The molecule has 4 N–H and O–H groups in total. The number of nitrogens with two attached hydrogens (primary N) is 2. The lowest BCUT2D eigenvalue weighted by Crippen LogP contribution is -2.42. The molecule has 0 aromatic rings. The van der Waals surface area contributed by atoms with Gasteiger partial charge in [-0.1, -0.05) is 0 Å². The molecular formula is C16H30N4O4. The molecule has 2 aliphatic heterocycles. The maximum atomic E-state index is 11.9. The lowest BCUT2D eigenvalue weighted by atomic mass is 10.1. The highest BCUT2D eigenvalue weighted by Gasteiger charge is 2.29. The number of hydrogen-bond donors (Lipinski definition) is 2. The fourth-order valence-electron chi connectivity index (χ4n) is 3.27. The number of likely N-dealkylation sites (tertiary alicyclic amines) is 2. The average molecular weight is 342 g/mol. The molecule has 0 aromatic heterocycles. The first-order valence-corrected chi connectivity index (χ1v) is 8.88. The van der Waals surface area contributed by atoms with Crippen LogP contribution < -0.4 is 11.5 Å². The van der Waals surface area contributed by atoms with Gasteiger partial charge in [-0.2, -0.15) is 0 Å². The summed E-state index contributed by atoms with van der Waals surface area (Å²) in [6, 6.07) is 0. The molecule has 0 aliphatic carbocycles. The van der Waals surface area contributed by atoms with Crippen molar-refractivity contribution < 1.29 is 19.1 Å². The van der Waals surface area contributed by atoms with Crippen molar-refractivity contribution in [3.05, 3.63) is 0 Å². The zero-order valence-corrected chi connectivity index (χ0v) is 14.3. The smallest absolute Gasteiger partial charge is 0.417 e. The summed E-state index contributed by atoms with van der Waals surface area (Å²) in [6.45, 7) is 6.31. The maximum Gasteiger partial charge on any atom is 0.417 e. The minimum atomic E-state index is -0.864. The normalized spacial score (nSPS) is 21.6. The second-order valence-electron chi connectivity index (χ2n) is 6.47. The van der Waals surface area contributed by atoms with Crippen LogP contribution in [0.2, 0.25) is 0 Å². The third-order valence-corrected chi connectivity index (χ3v) is 4.67. The number of carbonyl (C=O) groups is 2. The highest BCUT2D eigenvalue weighted by Crippen LogP contribution is 2.16. The summed E-state index contributed by atoms with van der Waals surface area (Å²) in [5, 5.41) is 0. The molecule has 0 unspecified atom stereocenters. The summed E-state index contributed by atoms with van der Waals surface area (Å²) in [4.78, 5) is 28.3. The minimum Gasteiger partial charge on any atom is -0.454 e. The molecule has 0 spiro atoms. The second-order valence-corrected chi connectivity index (χ2v) is 6.47. The molecule has 2 rings (SSSR count). The van der Waals surface area contributed by atoms with Crippen LogP contribution in [0.1, 0.15) is 25.7 Å². The van der Waals surface area contributed by atoms with Gasteiger partial charge in [0.2, 0.25) is 0 Å². The Hall–Kier alpha value is -1.22. The number of rotatable bonds is 6. The molecule has 0 aromatic carbocycles. The maximum absolute atomic E-state index is 11.9. The fraction of sp³-hybridized carbons (Fsp3) is 0.875. The van der Waals surface area contributed by atoms with E-state index in [1.54, 1.807) is 0 Å². The van der Waals surface area contributed by atoms with Gasteiger partial charge in [0.05, 0.1) is 0 Å². The van der Waals surface area contributed by atoms with Crippen LogP contribution in [0.3, 0.4) is 0 Å². The second kappa shape index (κ2) is 9.93. The van der Waals surface area contributed by atoms with Crippen LogP contribution in [0.4, 0.5) is 0 Å². The molecule has 2 heterocycles. The Labute approximate surface area is 143 Å². The van der Waals surface area contributed by atoms with E-state index in [-0.39, 0.29) is 12.2 Å². The van der Waals surface area contributed by atoms with Crippen molar-refractivity contribution in [2.75, 3.05) is 52.4 Å². The van der Waals surface area contributed by atoms with Crippen molar-refractivity contribution >= 4 is 11.9 Å². The van der Waals surface area contributed by atoms with Gasteiger partial charge < -0.3 is 30.7 Å². The summed E-state index contributed by atoms with van der Waals surface area (Å²) in [7, 11) is 0. The van der Waals surface area contributed by atoms with Gasteiger partial charge in [-0.3, -0.25) is 0 Å². The van der Waals surface area contributed by atoms with Gasteiger partial charge in [-0.05, 0) is 25.7 Å². The summed E-state index contributed by atoms with van der Waals surface area (Å²) < 4.78 is 10.6. The molecule has 138 valence electrons. The van der Waals surface area contributed by atoms with E-state index in [0.717, 1.165) is 65.0 Å². The standard InChI is InChI=1S/C16H30N4O4/c17-5-11-19-7-1-13(2-8-19)23-15(21)16(22)24-14-3-9-20(10-4-14)12-6-18/h13-14H,1-12,17-18H2. The van der Waals surface area contributed by atoms with E-state index in [1.165, 1.54) is 0 Å². The highest BCUT2D eigenvalue weighted by atomic mass is 16.6. The molecule has 2 fully saturated rings. The third-order valence-electron chi connectivity index (χ3n) is 4.67. The van der Waals surface area contributed by atoms with Crippen LogP contribution >= 0.6 is 0 Å². The molecule has 2 saturated heterocycles. The first-order chi connectivity index (χ1) is 11.6. The quantitative estimate of drug-likeness (QED) is 0.463. The molecular weight excluding hydrogens is 312 g/mol. The van der Waals surface area contributed by atoms with Gasteiger partial charge in [0.15, 0.2) is 0 Å². The van der Waals surface area contributed by atoms with Crippen LogP contribution in [-0.2, 0) is 19.1 Å². The van der Waals surface area contributed by atoms with Gasteiger partial charge in [0, 0.05) is 52.4 Å². The number of piperidine rings is 2. The molecule has 0 bridgehead atoms. The lowest BCUT2D eigenvalue weighted by Gasteiger charge is -2.32. The van der Waals surface area contributed by atoms with E-state index in [9.17, 15) is 9.59 Å². The van der Waals surface area contributed by atoms with Crippen LogP contribution in [0.25, 0.3) is 0 Å². The number of hydrogen-bond acceptors (Lipinski definition) is 8. The molecule has 8 nitrogen and oxygen atoms in total. The van der Waals surface area contributed by atoms with E-state index in [0.29, 0.717) is 13.1 Å². The molecule has 0 amide bonds. The van der Waals surface area contributed by atoms with E-state index < -0.39 is 11.9 Å². The lowest BCUT2D eigenvalue weighted by molar-refractivity contribution is -0.176. The van der Waals surface area contributed by atoms with Crippen LogP contribution in [-0.4, -0.2) is 86.3 Å². The van der Waals surface area contributed by atoms with Crippen molar-refractivity contribution in [3.63, 3.8) is 0 Å². The third kappa shape index (κ3) is 6.01. The Bertz CT molecular complexity index is 367. The minimum absolute atomic E-state index is 0.203. The van der Waals surface area contributed by atoms with Crippen molar-refractivity contribution in [2.45, 2.75) is 37.9 Å². The van der Waals surface area contributed by atoms with E-state index in [1.807, 2.05) is 0 Å². The Morgan fingerprint density at radius 1 is 0.750 bits per heavy atom. The zero-order chi connectivity index (χ0) is 17.4. The van der Waals surface area contributed by atoms with E-state index in [4.69, 9.17) is 20.9 Å². The molecule has 0 radical (unpaired) electrons. The SMILES string of the molecule is NCCN1CCC(OC(=O)C(=O)OC2CCN(CCN)CC2)CC1. The summed E-state index contributed by atoms with van der Waals surface area (Å²) in [6.07, 6.45) is 2.52. The molecule has 2 aliphatic rings. The van der Waals surface area contributed by atoms with E-state index >= 15 is 0 Å². The van der Waals surface area contributed by atoms with Crippen LogP contribution in [0.5, 0.6) is 0 Å². The summed E-state index contributed by atoms with van der Waals surface area (Å²) >= 11 is 0. The largest absolute Gasteiger partial charge is 0.454 e. The van der Waals surface area contributed by atoms with Crippen LogP contribution in [0.15, 0.2) is 0 Å². The zero-order valence-electron chi connectivity index (χ0n) is 14.3. The number of nitrogens with zero attached hydrogens (tertiary/aromatic N) is 2. The Morgan fingerprint density at radius 3 is 1.38 bits per heavy atom. The van der Waals surface area contributed by atoms with Gasteiger partial charge >= 0.3 is 11.9 Å². The van der Waals surface area contributed by atoms with Crippen LogP contribution in [0, 0.1) is 0 Å². The molecule has 8 heteroatoms.